The predicted octanol–water partition coefficient (Wildman–Crippen LogP) is 5.16. The molecule has 0 aliphatic rings. The number of nitrogens with one attached hydrogen (secondary N) is 1. The summed E-state index contributed by atoms with van der Waals surface area (Å²) in [6, 6.07) is 11.8. The number of benzene rings is 2. The molecule has 0 atom stereocenters. The Morgan fingerprint density at radius 3 is 2.15 bits per heavy atom. The van der Waals surface area contributed by atoms with Gasteiger partial charge in [0.1, 0.15) is 0 Å². The van der Waals surface area contributed by atoms with Gasteiger partial charge in [-0.1, -0.05) is 6.07 Å². The molecule has 0 bridgehead atoms. The zero-order valence-electron chi connectivity index (χ0n) is 10.6. The molecular weight excluding hydrogens is 267 g/mol. The lowest BCUT2D eigenvalue weighted by Crippen LogP contribution is -2.03. The van der Waals surface area contributed by atoms with Gasteiger partial charge < -0.3 is 5.32 Å². The minimum atomic E-state index is -4.38. The van der Waals surface area contributed by atoms with Crippen molar-refractivity contribution in [3.05, 3.63) is 54.1 Å². The normalized spacial score (nSPS) is 11.8. The van der Waals surface area contributed by atoms with E-state index in [0.717, 1.165) is 17.8 Å². The summed E-state index contributed by atoms with van der Waals surface area (Å²) in [5, 5.41) is 10.7. The second-order valence-corrected chi connectivity index (χ2v) is 4.04. The van der Waals surface area contributed by atoms with E-state index in [2.05, 4.69) is 15.5 Å². The highest BCUT2D eigenvalue weighted by Gasteiger charge is 2.30. The van der Waals surface area contributed by atoms with E-state index in [0.29, 0.717) is 5.69 Å². The quantitative estimate of drug-likeness (QED) is 0.774. The average molecular weight is 279 g/mol. The van der Waals surface area contributed by atoms with Crippen LogP contribution in [0.5, 0.6) is 0 Å². The van der Waals surface area contributed by atoms with E-state index in [9.17, 15) is 13.2 Å². The Balaban J connectivity index is 2.18. The van der Waals surface area contributed by atoms with Crippen LogP contribution in [0.2, 0.25) is 0 Å². The molecule has 0 spiro atoms. The van der Waals surface area contributed by atoms with Gasteiger partial charge in [-0.05, 0) is 42.5 Å². The highest BCUT2D eigenvalue weighted by Crippen LogP contribution is 2.31. The second kappa shape index (κ2) is 5.73. The minimum Gasteiger partial charge on any atom is -0.388 e. The summed E-state index contributed by atoms with van der Waals surface area (Å²) >= 11 is 0. The van der Waals surface area contributed by atoms with E-state index in [1.54, 1.807) is 31.3 Å². The highest BCUT2D eigenvalue weighted by molar-refractivity contribution is 5.50. The first-order chi connectivity index (χ1) is 9.49. The third-order valence-corrected chi connectivity index (χ3v) is 2.61. The van der Waals surface area contributed by atoms with E-state index >= 15 is 0 Å². The van der Waals surface area contributed by atoms with Crippen molar-refractivity contribution in [2.75, 3.05) is 12.4 Å². The van der Waals surface area contributed by atoms with Gasteiger partial charge in [0.15, 0.2) is 0 Å². The molecule has 2 aromatic rings. The summed E-state index contributed by atoms with van der Waals surface area (Å²) in [4.78, 5) is 0. The second-order valence-electron chi connectivity index (χ2n) is 4.04. The monoisotopic (exact) mass is 279 g/mol. The largest absolute Gasteiger partial charge is 0.416 e. The van der Waals surface area contributed by atoms with Crippen LogP contribution in [0.3, 0.4) is 0 Å². The topological polar surface area (TPSA) is 36.8 Å². The number of alkyl halides is 3. The van der Waals surface area contributed by atoms with Crippen molar-refractivity contribution in [3.63, 3.8) is 0 Å². The van der Waals surface area contributed by atoms with E-state index in [1.165, 1.54) is 12.1 Å². The van der Waals surface area contributed by atoms with Gasteiger partial charge in [-0.25, -0.2) is 0 Å². The predicted molar refractivity (Wildman–Crippen MR) is 71.6 cm³/mol. The van der Waals surface area contributed by atoms with Crippen LogP contribution in [-0.4, -0.2) is 7.05 Å². The molecule has 1 N–H and O–H groups in total. The maximum atomic E-state index is 12.5. The minimum absolute atomic E-state index is 0.164. The number of azo groups is 1. The van der Waals surface area contributed by atoms with Crippen molar-refractivity contribution in [1.82, 2.24) is 0 Å². The number of hydrogen-bond acceptors (Lipinski definition) is 3. The van der Waals surface area contributed by atoms with Crippen molar-refractivity contribution >= 4 is 17.1 Å². The van der Waals surface area contributed by atoms with Gasteiger partial charge >= 0.3 is 6.18 Å². The van der Waals surface area contributed by atoms with Crippen LogP contribution >= 0.6 is 0 Å². The van der Waals surface area contributed by atoms with E-state index < -0.39 is 11.7 Å². The molecule has 20 heavy (non-hydrogen) atoms. The Morgan fingerprint density at radius 2 is 1.55 bits per heavy atom. The van der Waals surface area contributed by atoms with Crippen molar-refractivity contribution < 1.29 is 13.2 Å². The van der Waals surface area contributed by atoms with Crippen LogP contribution in [0.25, 0.3) is 0 Å². The lowest BCUT2D eigenvalue weighted by molar-refractivity contribution is -0.137. The van der Waals surface area contributed by atoms with Gasteiger partial charge in [0.25, 0.3) is 0 Å². The fourth-order valence-electron chi connectivity index (χ4n) is 1.55. The molecule has 0 amide bonds. The molecule has 6 heteroatoms. The Morgan fingerprint density at radius 1 is 0.900 bits per heavy atom. The smallest absolute Gasteiger partial charge is 0.388 e. The summed E-state index contributed by atoms with van der Waals surface area (Å²) in [6.07, 6.45) is -4.38. The number of nitrogens with zero attached hydrogens (tertiary/aromatic N) is 2. The van der Waals surface area contributed by atoms with Gasteiger partial charge in [-0.2, -0.15) is 23.4 Å². The lowest BCUT2D eigenvalue weighted by atomic mass is 10.2. The molecule has 0 saturated carbocycles. The Hall–Kier alpha value is -2.37. The van der Waals surface area contributed by atoms with E-state index in [1.807, 2.05) is 0 Å². The summed E-state index contributed by atoms with van der Waals surface area (Å²) in [6.45, 7) is 0. The van der Waals surface area contributed by atoms with Crippen molar-refractivity contribution in [2.24, 2.45) is 10.2 Å². The van der Waals surface area contributed by atoms with Crippen LogP contribution in [0.1, 0.15) is 5.56 Å². The van der Waals surface area contributed by atoms with Crippen LogP contribution in [0, 0.1) is 0 Å². The molecule has 0 fully saturated rings. The molecule has 0 saturated heterocycles. The Bertz CT molecular complexity index is 604. The van der Waals surface area contributed by atoms with Crippen LogP contribution in [0.4, 0.5) is 30.2 Å². The molecule has 0 aliphatic heterocycles. The molecule has 0 radical (unpaired) electrons. The van der Waals surface area contributed by atoms with Crippen LogP contribution in [0.15, 0.2) is 58.8 Å². The number of hydrogen-bond donors (Lipinski definition) is 1. The fraction of sp³-hybridized carbons (Fsp3) is 0.143. The maximum Gasteiger partial charge on any atom is 0.416 e. The van der Waals surface area contributed by atoms with Crippen LogP contribution < -0.4 is 5.32 Å². The number of rotatable bonds is 3. The summed E-state index contributed by atoms with van der Waals surface area (Å²) in [7, 11) is 1.79. The maximum absolute atomic E-state index is 12.5. The average Bonchev–Trinajstić information content (AvgIpc) is 2.45. The van der Waals surface area contributed by atoms with Crippen LogP contribution in [-0.2, 0) is 6.18 Å². The third-order valence-electron chi connectivity index (χ3n) is 2.61. The molecular formula is C14H12F3N3. The molecule has 0 heterocycles. The lowest BCUT2D eigenvalue weighted by Gasteiger charge is -2.05. The van der Waals surface area contributed by atoms with E-state index in [4.69, 9.17) is 0 Å². The fourth-order valence-corrected chi connectivity index (χ4v) is 1.55. The third kappa shape index (κ3) is 3.57. The Labute approximate surface area is 114 Å². The first-order valence-electron chi connectivity index (χ1n) is 5.86. The van der Waals surface area contributed by atoms with Crippen molar-refractivity contribution in [1.29, 1.82) is 0 Å². The van der Waals surface area contributed by atoms with Gasteiger partial charge in [0, 0.05) is 12.7 Å². The Kier molecular flexibility index (Phi) is 4.02. The number of halogens is 3. The van der Waals surface area contributed by atoms with E-state index in [-0.39, 0.29) is 5.69 Å². The molecule has 0 aromatic heterocycles. The molecule has 0 aliphatic carbocycles. The first kappa shape index (κ1) is 14.0. The summed E-state index contributed by atoms with van der Waals surface area (Å²) in [5.74, 6) is 0. The van der Waals surface area contributed by atoms with Gasteiger partial charge in [-0.3, -0.25) is 0 Å². The zero-order valence-corrected chi connectivity index (χ0v) is 10.6. The standard InChI is InChI=1S/C14H12F3N3/c1-18-11-5-7-12(8-6-11)19-20-13-4-2-3-10(9-13)14(15,16)17/h2-9,18H,1H3. The summed E-state index contributed by atoms with van der Waals surface area (Å²) < 4.78 is 37.6. The highest BCUT2D eigenvalue weighted by atomic mass is 19.4. The van der Waals surface area contributed by atoms with Gasteiger partial charge in [0.05, 0.1) is 16.9 Å². The van der Waals surface area contributed by atoms with Gasteiger partial charge in [-0.15, -0.1) is 0 Å². The zero-order chi connectivity index (χ0) is 14.6. The number of anilines is 1. The SMILES string of the molecule is CNc1ccc(N=Nc2cccc(C(F)(F)F)c2)cc1. The molecule has 0 unspecified atom stereocenters. The molecule has 2 rings (SSSR count). The van der Waals surface area contributed by atoms with Gasteiger partial charge in [0.2, 0.25) is 0 Å². The summed E-state index contributed by atoms with van der Waals surface area (Å²) in [5.41, 5.74) is 0.918. The molecule has 3 nitrogen and oxygen atoms in total. The first-order valence-corrected chi connectivity index (χ1v) is 5.86. The molecule has 2 aromatic carbocycles. The van der Waals surface area contributed by atoms with Crippen molar-refractivity contribution in [2.45, 2.75) is 6.18 Å². The molecule has 104 valence electrons. The van der Waals surface area contributed by atoms with Crippen molar-refractivity contribution in [3.8, 4) is 0 Å².